The summed E-state index contributed by atoms with van der Waals surface area (Å²) in [6.07, 6.45) is 3.21. The number of carbonyl (C=O) groups is 4. The van der Waals surface area contributed by atoms with Gasteiger partial charge in [-0.05, 0) is 55.0 Å². The summed E-state index contributed by atoms with van der Waals surface area (Å²) in [7, 11) is 0. The first-order valence-corrected chi connectivity index (χ1v) is 16.0. The van der Waals surface area contributed by atoms with Crippen LogP contribution in [-0.4, -0.2) is 60.3 Å². The van der Waals surface area contributed by atoms with E-state index in [1.165, 1.54) is 0 Å². The summed E-state index contributed by atoms with van der Waals surface area (Å²) in [4.78, 5) is 51.3. The van der Waals surface area contributed by atoms with Crippen molar-refractivity contribution in [2.75, 3.05) is 13.2 Å². The molecule has 0 radical (unpaired) electrons. The lowest BCUT2D eigenvalue weighted by Crippen LogP contribution is -2.46. The first-order valence-electron chi connectivity index (χ1n) is 16.0. The van der Waals surface area contributed by atoms with Gasteiger partial charge in [0, 0.05) is 6.42 Å². The maximum absolute atomic E-state index is 13.1. The molecule has 0 saturated heterocycles. The largest absolute Gasteiger partial charge is 0.489 e. The van der Waals surface area contributed by atoms with Crippen LogP contribution in [0.4, 0.5) is 4.79 Å². The molecule has 4 N–H and O–H groups in total. The summed E-state index contributed by atoms with van der Waals surface area (Å²) in [6.45, 7) is 1.78. The highest BCUT2D eigenvalue weighted by molar-refractivity contribution is 5.86. The number of esters is 1. The lowest BCUT2D eigenvalue weighted by atomic mass is 9.97. The second-order valence-electron chi connectivity index (χ2n) is 11.7. The number of carbonyl (C=O) groups excluding carboxylic acids is 4. The van der Waals surface area contributed by atoms with Gasteiger partial charge in [-0.2, -0.15) is 0 Å². The monoisotopic (exact) mass is 657 g/mol. The zero-order valence-corrected chi connectivity index (χ0v) is 27.0. The van der Waals surface area contributed by atoms with Gasteiger partial charge in [-0.25, -0.2) is 9.59 Å². The van der Waals surface area contributed by atoms with Gasteiger partial charge in [0.15, 0.2) is 0 Å². The van der Waals surface area contributed by atoms with Crippen molar-refractivity contribution in [2.24, 2.45) is 5.92 Å². The van der Waals surface area contributed by atoms with Crippen molar-refractivity contribution in [3.63, 3.8) is 0 Å². The molecule has 11 heteroatoms. The van der Waals surface area contributed by atoms with Crippen molar-refractivity contribution in [1.82, 2.24) is 16.0 Å². The Morgan fingerprint density at radius 2 is 1.54 bits per heavy atom. The zero-order valence-electron chi connectivity index (χ0n) is 27.0. The Morgan fingerprint density at radius 1 is 0.896 bits per heavy atom. The van der Waals surface area contributed by atoms with E-state index in [0.717, 1.165) is 16.7 Å². The SMILES string of the molecule is CC1COC(=O)C(NC(=O)OCc2ccccc2)CC=CCC(CC(=O)NC(CO)Cc2ccc(OCc3ccccc3)cc2)C(=O)N1. The number of rotatable bonds is 12. The third-order valence-electron chi connectivity index (χ3n) is 7.65. The van der Waals surface area contributed by atoms with Gasteiger partial charge in [-0.3, -0.25) is 9.59 Å². The van der Waals surface area contributed by atoms with Crippen molar-refractivity contribution < 1.29 is 38.5 Å². The number of hydrogen-bond donors (Lipinski definition) is 4. The molecular formula is C37H43N3O8. The third-order valence-corrected chi connectivity index (χ3v) is 7.65. The Bertz CT molecular complexity index is 1500. The van der Waals surface area contributed by atoms with Crippen LogP contribution >= 0.6 is 0 Å². The molecule has 0 saturated carbocycles. The summed E-state index contributed by atoms with van der Waals surface area (Å²) in [5.74, 6) is -1.38. The van der Waals surface area contributed by atoms with Crippen LogP contribution in [0.1, 0.15) is 42.9 Å². The number of allylic oxidation sites excluding steroid dienone is 1. The fourth-order valence-electron chi connectivity index (χ4n) is 5.03. The summed E-state index contributed by atoms with van der Waals surface area (Å²) in [5.41, 5.74) is 2.77. The molecule has 4 rings (SSSR count). The maximum Gasteiger partial charge on any atom is 0.408 e. The molecule has 3 aromatic rings. The maximum atomic E-state index is 13.1. The number of aliphatic hydroxyl groups is 1. The van der Waals surface area contributed by atoms with E-state index in [0.29, 0.717) is 18.8 Å². The highest BCUT2D eigenvalue weighted by Crippen LogP contribution is 2.17. The molecule has 0 aliphatic carbocycles. The van der Waals surface area contributed by atoms with Gasteiger partial charge in [0.1, 0.15) is 31.6 Å². The minimum absolute atomic E-state index is 0.0463. The molecule has 1 aliphatic rings. The van der Waals surface area contributed by atoms with Crippen molar-refractivity contribution in [3.05, 3.63) is 114 Å². The Balaban J connectivity index is 1.29. The summed E-state index contributed by atoms with van der Waals surface area (Å²) < 4.78 is 16.4. The minimum atomic E-state index is -0.997. The number of nitrogens with one attached hydrogen (secondary N) is 3. The lowest BCUT2D eigenvalue weighted by Gasteiger charge is -2.23. The van der Waals surface area contributed by atoms with Gasteiger partial charge in [-0.15, -0.1) is 0 Å². The van der Waals surface area contributed by atoms with Gasteiger partial charge in [-0.1, -0.05) is 84.9 Å². The number of benzene rings is 3. The molecule has 1 aliphatic heterocycles. The second kappa shape index (κ2) is 18.9. The highest BCUT2D eigenvalue weighted by Gasteiger charge is 2.27. The fourth-order valence-corrected chi connectivity index (χ4v) is 5.03. The molecule has 0 fully saturated rings. The molecule has 0 aromatic heterocycles. The molecule has 254 valence electrons. The smallest absolute Gasteiger partial charge is 0.408 e. The fraction of sp³-hybridized carbons (Fsp3) is 0.351. The van der Waals surface area contributed by atoms with E-state index in [1.54, 1.807) is 19.1 Å². The average molecular weight is 658 g/mol. The average Bonchev–Trinajstić information content (AvgIpc) is 3.10. The third kappa shape index (κ3) is 12.2. The van der Waals surface area contributed by atoms with E-state index in [-0.39, 0.29) is 50.9 Å². The van der Waals surface area contributed by atoms with Crippen molar-refractivity contribution in [2.45, 2.75) is 63.9 Å². The van der Waals surface area contributed by atoms with Gasteiger partial charge in [0.25, 0.3) is 0 Å². The molecule has 4 unspecified atom stereocenters. The van der Waals surface area contributed by atoms with E-state index in [2.05, 4.69) is 16.0 Å². The Hall–Kier alpha value is -5.16. The molecule has 0 bridgehead atoms. The van der Waals surface area contributed by atoms with Crippen LogP contribution in [0, 0.1) is 5.92 Å². The van der Waals surface area contributed by atoms with Crippen LogP contribution in [0.3, 0.4) is 0 Å². The number of amides is 3. The molecule has 4 atom stereocenters. The molecule has 11 nitrogen and oxygen atoms in total. The van der Waals surface area contributed by atoms with Crippen molar-refractivity contribution in [3.8, 4) is 5.75 Å². The van der Waals surface area contributed by atoms with E-state index in [9.17, 15) is 24.3 Å². The van der Waals surface area contributed by atoms with Gasteiger partial charge < -0.3 is 35.3 Å². The van der Waals surface area contributed by atoms with Crippen LogP contribution in [0.2, 0.25) is 0 Å². The number of ether oxygens (including phenoxy) is 3. The molecule has 48 heavy (non-hydrogen) atoms. The second-order valence-corrected chi connectivity index (χ2v) is 11.7. The van der Waals surface area contributed by atoms with E-state index in [4.69, 9.17) is 14.2 Å². The lowest BCUT2D eigenvalue weighted by molar-refractivity contribution is -0.147. The van der Waals surface area contributed by atoms with Gasteiger partial charge >= 0.3 is 12.1 Å². The van der Waals surface area contributed by atoms with E-state index >= 15 is 0 Å². The summed E-state index contributed by atoms with van der Waals surface area (Å²) in [5, 5.41) is 18.2. The molecule has 3 aromatic carbocycles. The first kappa shape index (κ1) is 35.7. The first-order chi connectivity index (χ1) is 23.3. The van der Waals surface area contributed by atoms with Crippen molar-refractivity contribution in [1.29, 1.82) is 0 Å². The molecule has 1 heterocycles. The Labute approximate surface area is 280 Å². The molecular weight excluding hydrogens is 614 g/mol. The zero-order chi connectivity index (χ0) is 34.1. The van der Waals surface area contributed by atoms with Crippen LogP contribution in [0.5, 0.6) is 5.75 Å². The normalized spacial score (nSPS) is 19.0. The minimum Gasteiger partial charge on any atom is -0.489 e. The molecule has 3 amide bonds. The number of hydrogen-bond acceptors (Lipinski definition) is 8. The number of cyclic esters (lactones) is 1. The standard InChI is InChI=1S/C37H43N3O8/c1-26-23-47-36(44)33(40-37(45)48-25-29-12-6-3-7-13-29)15-9-8-14-30(35(43)38-26)21-34(42)39-31(22-41)20-27-16-18-32(19-17-27)46-24-28-10-4-2-5-11-28/h2-13,16-19,26,30-31,33,41H,14-15,20-25H2,1H3,(H,38,43)(H,39,42)(H,40,45). The van der Waals surface area contributed by atoms with Crippen LogP contribution in [0.25, 0.3) is 0 Å². The topological polar surface area (TPSA) is 152 Å². The van der Waals surface area contributed by atoms with Gasteiger partial charge in [0.2, 0.25) is 11.8 Å². The van der Waals surface area contributed by atoms with Gasteiger partial charge in [0.05, 0.1) is 24.6 Å². The summed E-state index contributed by atoms with van der Waals surface area (Å²) in [6, 6.07) is 24.4. The predicted molar refractivity (Wildman–Crippen MR) is 179 cm³/mol. The number of aliphatic hydroxyl groups excluding tert-OH is 1. The van der Waals surface area contributed by atoms with E-state index in [1.807, 2.05) is 84.9 Å². The van der Waals surface area contributed by atoms with Crippen LogP contribution in [-0.2, 0) is 43.5 Å². The number of alkyl carbamates (subject to hydrolysis) is 1. The van der Waals surface area contributed by atoms with Crippen LogP contribution in [0.15, 0.2) is 97.1 Å². The van der Waals surface area contributed by atoms with Crippen molar-refractivity contribution >= 4 is 23.9 Å². The Kier molecular flexibility index (Phi) is 14.0. The Morgan fingerprint density at radius 3 is 2.21 bits per heavy atom. The van der Waals surface area contributed by atoms with E-state index < -0.39 is 36.1 Å². The molecule has 0 spiro atoms. The predicted octanol–water partition coefficient (Wildman–Crippen LogP) is 3.98. The van der Waals surface area contributed by atoms with Crippen LogP contribution < -0.4 is 20.7 Å². The highest BCUT2D eigenvalue weighted by atomic mass is 16.6. The quantitative estimate of drug-likeness (QED) is 0.169. The summed E-state index contributed by atoms with van der Waals surface area (Å²) >= 11 is 0.